The van der Waals surface area contributed by atoms with Gasteiger partial charge >= 0.3 is 5.97 Å². The highest BCUT2D eigenvalue weighted by Crippen LogP contribution is 2.09. The Hall–Kier alpha value is -3.34. The molecule has 0 aliphatic rings. The molecule has 1 unspecified atom stereocenters. The van der Waals surface area contributed by atoms with Crippen molar-refractivity contribution in [1.82, 2.24) is 9.55 Å². The summed E-state index contributed by atoms with van der Waals surface area (Å²) in [7, 11) is 1.58. The van der Waals surface area contributed by atoms with Crippen LogP contribution in [0, 0.1) is 22.7 Å². The minimum absolute atomic E-state index is 0.0628. The van der Waals surface area contributed by atoms with E-state index in [9.17, 15) is 14.4 Å². The van der Waals surface area contributed by atoms with Crippen LogP contribution in [0.1, 0.15) is 19.2 Å². The lowest BCUT2D eigenvalue weighted by Crippen LogP contribution is -2.26. The smallest absolute Gasteiger partial charge is 0.306 e. The normalized spacial score (nSPS) is 11.6. The van der Waals surface area contributed by atoms with E-state index in [-0.39, 0.29) is 24.1 Å². The lowest BCUT2D eigenvalue weighted by Gasteiger charge is -2.10. The van der Waals surface area contributed by atoms with Crippen molar-refractivity contribution in [3.63, 3.8) is 0 Å². The number of rotatable bonds is 7. The molecule has 1 aromatic heterocycles. The average Bonchev–Trinajstić information content (AvgIpc) is 2.62. The zero-order valence-electron chi connectivity index (χ0n) is 14.5. The fourth-order valence-electron chi connectivity index (χ4n) is 2.42. The fraction of sp³-hybridized carbons (Fsp3) is 0.333. The van der Waals surface area contributed by atoms with Crippen LogP contribution in [0.25, 0.3) is 10.9 Å². The summed E-state index contributed by atoms with van der Waals surface area (Å²) in [5.74, 6) is -2.04. The van der Waals surface area contributed by atoms with Gasteiger partial charge in [-0.05, 0) is 19.1 Å². The van der Waals surface area contributed by atoms with E-state index in [1.54, 1.807) is 37.4 Å². The number of benzene rings is 1. The van der Waals surface area contributed by atoms with Crippen molar-refractivity contribution in [2.75, 3.05) is 6.61 Å². The maximum atomic E-state index is 12.3. The van der Waals surface area contributed by atoms with Crippen LogP contribution >= 0.6 is 0 Å². The van der Waals surface area contributed by atoms with Gasteiger partial charge in [0.05, 0.1) is 23.4 Å². The summed E-state index contributed by atoms with van der Waals surface area (Å²) in [6.07, 6.45) is 0.113. The van der Waals surface area contributed by atoms with E-state index in [1.165, 1.54) is 11.5 Å². The largest absolute Gasteiger partial charge is 0.458 e. The number of fused-ring (bicyclic) bond motifs is 1. The molecular formula is C18H18N4O4. The molecule has 0 aliphatic heterocycles. The molecule has 1 aromatic carbocycles. The van der Waals surface area contributed by atoms with Crippen molar-refractivity contribution in [3.05, 3.63) is 40.4 Å². The number of nitrogens with one attached hydrogen (secondary N) is 1. The Labute approximate surface area is 149 Å². The van der Waals surface area contributed by atoms with Crippen molar-refractivity contribution in [2.24, 2.45) is 13.0 Å². The Morgan fingerprint density at radius 2 is 2.08 bits per heavy atom. The van der Waals surface area contributed by atoms with Crippen molar-refractivity contribution >= 4 is 28.4 Å². The summed E-state index contributed by atoms with van der Waals surface area (Å²) in [6, 6.07) is 8.63. The van der Waals surface area contributed by atoms with E-state index in [0.29, 0.717) is 16.7 Å². The molecule has 2 rings (SSSR count). The lowest BCUT2D eigenvalue weighted by atomic mass is 10.0. The third-order valence-corrected chi connectivity index (χ3v) is 3.89. The third kappa shape index (κ3) is 4.19. The molecule has 8 heteroatoms. The van der Waals surface area contributed by atoms with Gasteiger partial charge in [0.1, 0.15) is 11.7 Å². The number of esters is 1. The monoisotopic (exact) mass is 354 g/mol. The van der Waals surface area contributed by atoms with Crippen LogP contribution < -0.4 is 5.56 Å². The summed E-state index contributed by atoms with van der Waals surface area (Å²) in [5, 5.41) is 16.7. The van der Waals surface area contributed by atoms with Crippen LogP contribution in [0.3, 0.4) is 0 Å². The number of nitrogens with zero attached hydrogens (tertiary/aromatic N) is 3. The van der Waals surface area contributed by atoms with E-state index >= 15 is 0 Å². The van der Waals surface area contributed by atoms with Crippen LogP contribution in [0.5, 0.6) is 0 Å². The highest BCUT2D eigenvalue weighted by Gasteiger charge is 2.21. The van der Waals surface area contributed by atoms with E-state index in [1.807, 2.05) is 0 Å². The van der Waals surface area contributed by atoms with Gasteiger partial charge in [0.15, 0.2) is 12.4 Å². The standard InChI is InChI=1S/C18H18N4O4/c1-11(20)13(9-19)15(23)10-26-17(24)8-7-16-21-14-6-4-3-5-12(14)18(25)22(16)2/h3-6,13,20H,7-8,10H2,1-2H3. The Kier molecular flexibility index (Phi) is 5.96. The van der Waals surface area contributed by atoms with Gasteiger partial charge in [-0.15, -0.1) is 0 Å². The molecule has 0 saturated heterocycles. The molecule has 0 bridgehead atoms. The second kappa shape index (κ2) is 8.16. The Morgan fingerprint density at radius 3 is 2.73 bits per heavy atom. The molecule has 1 N–H and O–H groups in total. The number of nitriles is 1. The van der Waals surface area contributed by atoms with E-state index < -0.39 is 24.3 Å². The average molecular weight is 354 g/mol. The van der Waals surface area contributed by atoms with Crippen LogP contribution in [0.15, 0.2) is 29.1 Å². The molecule has 0 fully saturated rings. The summed E-state index contributed by atoms with van der Waals surface area (Å²) in [4.78, 5) is 40.3. The van der Waals surface area contributed by atoms with Crippen LogP contribution in [0.4, 0.5) is 0 Å². The number of ether oxygens (including phenoxy) is 1. The minimum Gasteiger partial charge on any atom is -0.458 e. The second-order valence-corrected chi connectivity index (χ2v) is 5.78. The van der Waals surface area contributed by atoms with E-state index in [4.69, 9.17) is 15.4 Å². The van der Waals surface area contributed by atoms with Gasteiger partial charge in [-0.25, -0.2) is 4.98 Å². The first-order valence-electron chi connectivity index (χ1n) is 7.92. The van der Waals surface area contributed by atoms with Gasteiger partial charge in [0.2, 0.25) is 0 Å². The molecule has 0 amide bonds. The van der Waals surface area contributed by atoms with Crippen LogP contribution in [0.2, 0.25) is 0 Å². The molecule has 0 spiro atoms. The molecule has 2 aromatic rings. The number of hydrogen-bond donors (Lipinski definition) is 1. The summed E-state index contributed by atoms with van der Waals surface area (Å²) >= 11 is 0. The molecule has 8 nitrogen and oxygen atoms in total. The topological polar surface area (TPSA) is 126 Å². The van der Waals surface area contributed by atoms with E-state index in [0.717, 1.165) is 0 Å². The van der Waals surface area contributed by atoms with Gasteiger partial charge < -0.3 is 10.1 Å². The maximum Gasteiger partial charge on any atom is 0.306 e. The maximum absolute atomic E-state index is 12.3. The number of Topliss-reactive ketones (excluding diaryl/α,β-unsaturated/α-hetero) is 1. The van der Waals surface area contributed by atoms with Gasteiger partial charge in [-0.3, -0.25) is 19.0 Å². The number of carbonyl (C=O) groups is 2. The summed E-state index contributed by atoms with van der Waals surface area (Å²) < 4.78 is 6.24. The van der Waals surface area contributed by atoms with Crippen molar-refractivity contribution in [1.29, 1.82) is 10.7 Å². The number of hydrogen-bond acceptors (Lipinski definition) is 7. The van der Waals surface area contributed by atoms with Crippen molar-refractivity contribution in [2.45, 2.75) is 19.8 Å². The lowest BCUT2D eigenvalue weighted by molar-refractivity contribution is -0.148. The Morgan fingerprint density at radius 1 is 1.38 bits per heavy atom. The first kappa shape index (κ1) is 19.0. The number of aromatic nitrogens is 2. The first-order chi connectivity index (χ1) is 12.3. The van der Waals surface area contributed by atoms with Gasteiger partial charge in [0, 0.05) is 19.2 Å². The molecule has 0 saturated carbocycles. The predicted molar refractivity (Wildman–Crippen MR) is 93.8 cm³/mol. The summed E-state index contributed by atoms with van der Waals surface area (Å²) in [5.41, 5.74) is 0.254. The zero-order valence-corrected chi connectivity index (χ0v) is 14.5. The number of aryl methyl sites for hydroxylation is 1. The highest BCUT2D eigenvalue weighted by atomic mass is 16.5. The third-order valence-electron chi connectivity index (χ3n) is 3.89. The molecule has 0 radical (unpaired) electrons. The predicted octanol–water partition coefficient (Wildman–Crippen LogP) is 1.16. The minimum atomic E-state index is -1.20. The Balaban J connectivity index is 2.00. The molecule has 1 atom stereocenters. The first-order valence-corrected chi connectivity index (χ1v) is 7.92. The SMILES string of the molecule is CC(=N)C(C#N)C(=O)COC(=O)CCc1nc2ccccc2c(=O)n1C. The molecule has 26 heavy (non-hydrogen) atoms. The van der Waals surface area contributed by atoms with Crippen molar-refractivity contribution < 1.29 is 14.3 Å². The van der Waals surface area contributed by atoms with Crippen LogP contribution in [-0.2, 0) is 27.8 Å². The zero-order chi connectivity index (χ0) is 19.3. The number of ketones is 1. The molecular weight excluding hydrogens is 336 g/mol. The molecule has 134 valence electrons. The van der Waals surface area contributed by atoms with Gasteiger partial charge in [0.25, 0.3) is 5.56 Å². The van der Waals surface area contributed by atoms with Gasteiger partial charge in [-0.1, -0.05) is 12.1 Å². The number of carbonyl (C=O) groups excluding carboxylic acids is 2. The second-order valence-electron chi connectivity index (χ2n) is 5.78. The number of para-hydroxylation sites is 1. The van der Waals surface area contributed by atoms with Gasteiger partial charge in [-0.2, -0.15) is 5.26 Å². The fourth-order valence-corrected chi connectivity index (χ4v) is 2.42. The Bertz CT molecular complexity index is 971. The van der Waals surface area contributed by atoms with E-state index in [2.05, 4.69) is 4.98 Å². The molecule has 1 heterocycles. The van der Waals surface area contributed by atoms with Crippen molar-refractivity contribution in [3.8, 4) is 6.07 Å². The quantitative estimate of drug-likeness (QED) is 0.587. The molecule has 0 aliphatic carbocycles. The van der Waals surface area contributed by atoms with Crippen LogP contribution in [-0.4, -0.2) is 33.6 Å². The highest BCUT2D eigenvalue weighted by molar-refractivity contribution is 6.06. The summed E-state index contributed by atoms with van der Waals surface area (Å²) in [6.45, 7) is 0.789.